The highest BCUT2D eigenvalue weighted by atomic mass is 16.3. The molecule has 100 valence electrons. The van der Waals surface area contributed by atoms with Gasteiger partial charge in [-0.15, -0.1) is 6.58 Å². The Bertz CT molecular complexity index is 731. The highest BCUT2D eigenvalue weighted by Gasteiger charge is 2.18. The summed E-state index contributed by atoms with van der Waals surface area (Å²) < 4.78 is 2.00. The third-order valence-corrected chi connectivity index (χ3v) is 3.36. The summed E-state index contributed by atoms with van der Waals surface area (Å²) in [5.74, 6) is 0.650. The van der Waals surface area contributed by atoms with E-state index in [0.717, 1.165) is 16.6 Å². The van der Waals surface area contributed by atoms with Gasteiger partial charge in [0.15, 0.2) is 0 Å². The number of nitrogens with zero attached hydrogens (tertiary/aromatic N) is 2. The van der Waals surface area contributed by atoms with Crippen LogP contribution in [0, 0.1) is 0 Å². The molecule has 0 aliphatic carbocycles. The molecule has 1 atom stereocenters. The minimum Gasteiger partial charge on any atom is -0.380 e. The molecule has 0 saturated carbocycles. The molecule has 0 amide bonds. The van der Waals surface area contributed by atoms with Gasteiger partial charge in [0.1, 0.15) is 11.9 Å². The van der Waals surface area contributed by atoms with Crippen molar-refractivity contribution in [2.75, 3.05) is 0 Å². The number of fused-ring (bicyclic) bond motifs is 1. The van der Waals surface area contributed by atoms with Crippen molar-refractivity contribution in [1.82, 2.24) is 9.55 Å². The van der Waals surface area contributed by atoms with Crippen LogP contribution in [0.25, 0.3) is 11.0 Å². The Kier molecular flexibility index (Phi) is 3.35. The second kappa shape index (κ2) is 5.31. The minimum atomic E-state index is -0.733. The number of aliphatic hydroxyl groups excluding tert-OH is 1. The number of aromatic nitrogens is 2. The predicted octanol–water partition coefficient (Wildman–Crippen LogP) is 3.30. The third-order valence-electron chi connectivity index (χ3n) is 3.36. The number of allylic oxidation sites excluding steroid dienone is 1. The monoisotopic (exact) mass is 264 g/mol. The van der Waals surface area contributed by atoms with E-state index >= 15 is 0 Å². The molecule has 3 rings (SSSR count). The summed E-state index contributed by atoms with van der Waals surface area (Å²) in [5, 5.41) is 10.6. The number of rotatable bonds is 4. The average Bonchev–Trinajstić information content (AvgIpc) is 2.87. The third kappa shape index (κ3) is 2.12. The Balaban J connectivity index is 2.15. The van der Waals surface area contributed by atoms with E-state index in [2.05, 4.69) is 11.6 Å². The molecule has 0 radical (unpaired) electrons. The molecule has 3 heteroatoms. The molecule has 3 aromatic rings. The molecule has 1 heterocycles. The Hall–Kier alpha value is -2.39. The van der Waals surface area contributed by atoms with Crippen LogP contribution in [0.1, 0.15) is 17.5 Å². The van der Waals surface area contributed by atoms with E-state index < -0.39 is 6.10 Å². The Morgan fingerprint density at radius 1 is 1.10 bits per heavy atom. The molecular formula is C17H16N2O. The van der Waals surface area contributed by atoms with Crippen molar-refractivity contribution in [3.8, 4) is 0 Å². The Morgan fingerprint density at radius 2 is 1.80 bits per heavy atom. The zero-order valence-electron chi connectivity index (χ0n) is 11.1. The lowest BCUT2D eigenvalue weighted by molar-refractivity contribution is 0.206. The molecule has 0 spiro atoms. The smallest absolute Gasteiger partial charge is 0.143 e. The summed E-state index contributed by atoms with van der Waals surface area (Å²) in [6.07, 6.45) is 1.08. The van der Waals surface area contributed by atoms with Crippen molar-refractivity contribution in [3.05, 3.63) is 78.6 Å². The van der Waals surface area contributed by atoms with Gasteiger partial charge < -0.3 is 9.67 Å². The molecule has 1 aromatic heterocycles. The number of benzene rings is 2. The van der Waals surface area contributed by atoms with E-state index in [4.69, 9.17) is 0 Å². The first-order chi connectivity index (χ1) is 9.81. The first-order valence-corrected chi connectivity index (χ1v) is 6.60. The quantitative estimate of drug-likeness (QED) is 0.734. The maximum absolute atomic E-state index is 10.6. The summed E-state index contributed by atoms with van der Waals surface area (Å²) in [6, 6.07) is 17.5. The summed E-state index contributed by atoms with van der Waals surface area (Å²) in [7, 11) is 0. The summed E-state index contributed by atoms with van der Waals surface area (Å²) >= 11 is 0. The van der Waals surface area contributed by atoms with E-state index in [1.54, 1.807) is 0 Å². The van der Waals surface area contributed by atoms with Gasteiger partial charge in [-0.25, -0.2) is 4.98 Å². The molecule has 3 nitrogen and oxygen atoms in total. The highest BCUT2D eigenvalue weighted by Crippen LogP contribution is 2.25. The number of para-hydroxylation sites is 2. The molecule has 0 bridgehead atoms. The fourth-order valence-corrected chi connectivity index (χ4v) is 2.41. The van der Waals surface area contributed by atoms with Crippen LogP contribution in [0.5, 0.6) is 0 Å². The first kappa shape index (κ1) is 12.6. The molecule has 2 aromatic carbocycles. The Morgan fingerprint density at radius 3 is 2.55 bits per heavy atom. The highest BCUT2D eigenvalue weighted by molar-refractivity contribution is 5.76. The van der Waals surface area contributed by atoms with E-state index in [1.807, 2.05) is 65.2 Å². The zero-order valence-corrected chi connectivity index (χ0v) is 11.1. The van der Waals surface area contributed by atoms with Crippen LogP contribution in [0.2, 0.25) is 0 Å². The van der Waals surface area contributed by atoms with Gasteiger partial charge in [-0.2, -0.15) is 0 Å². The zero-order chi connectivity index (χ0) is 13.9. The molecule has 0 aliphatic heterocycles. The molecule has 0 fully saturated rings. The molecule has 1 N–H and O–H groups in total. The number of aliphatic hydroxyl groups is 1. The average molecular weight is 264 g/mol. The lowest BCUT2D eigenvalue weighted by Gasteiger charge is -2.13. The van der Waals surface area contributed by atoms with Crippen molar-refractivity contribution < 1.29 is 5.11 Å². The van der Waals surface area contributed by atoms with Crippen molar-refractivity contribution in [1.29, 1.82) is 0 Å². The standard InChI is InChI=1S/C17H16N2O/c1-2-12-19-15-11-7-6-10-14(15)18-17(19)16(20)13-8-4-3-5-9-13/h2-11,16,20H,1,12H2/t16-/m1/s1. The van der Waals surface area contributed by atoms with Gasteiger partial charge in [0.2, 0.25) is 0 Å². The fourth-order valence-electron chi connectivity index (χ4n) is 2.41. The fraction of sp³-hybridized carbons (Fsp3) is 0.118. The molecule has 0 unspecified atom stereocenters. The van der Waals surface area contributed by atoms with Crippen LogP contribution < -0.4 is 0 Å². The van der Waals surface area contributed by atoms with Crippen molar-refractivity contribution in [2.45, 2.75) is 12.6 Å². The molecule has 20 heavy (non-hydrogen) atoms. The van der Waals surface area contributed by atoms with Gasteiger partial charge in [-0.1, -0.05) is 48.5 Å². The lowest BCUT2D eigenvalue weighted by atomic mass is 10.1. The van der Waals surface area contributed by atoms with E-state index in [9.17, 15) is 5.11 Å². The summed E-state index contributed by atoms with van der Waals surface area (Å²) in [5.41, 5.74) is 2.74. The van der Waals surface area contributed by atoms with Gasteiger partial charge in [-0.05, 0) is 17.7 Å². The maximum Gasteiger partial charge on any atom is 0.143 e. The van der Waals surface area contributed by atoms with Crippen LogP contribution in [0.4, 0.5) is 0 Å². The van der Waals surface area contributed by atoms with Gasteiger partial charge >= 0.3 is 0 Å². The lowest BCUT2D eigenvalue weighted by Crippen LogP contribution is -2.09. The van der Waals surface area contributed by atoms with Crippen LogP contribution in [-0.4, -0.2) is 14.7 Å². The van der Waals surface area contributed by atoms with Gasteiger partial charge in [0.25, 0.3) is 0 Å². The Labute approximate surface area is 117 Å². The van der Waals surface area contributed by atoms with Gasteiger partial charge in [-0.3, -0.25) is 0 Å². The van der Waals surface area contributed by atoms with E-state index in [-0.39, 0.29) is 0 Å². The second-order valence-corrected chi connectivity index (χ2v) is 4.67. The largest absolute Gasteiger partial charge is 0.380 e. The van der Waals surface area contributed by atoms with E-state index in [0.29, 0.717) is 12.4 Å². The van der Waals surface area contributed by atoms with E-state index in [1.165, 1.54) is 0 Å². The van der Waals surface area contributed by atoms with Crippen LogP contribution in [-0.2, 0) is 6.54 Å². The number of hydrogen-bond donors (Lipinski definition) is 1. The first-order valence-electron chi connectivity index (χ1n) is 6.60. The molecule has 0 saturated heterocycles. The van der Waals surface area contributed by atoms with Crippen LogP contribution in [0.3, 0.4) is 0 Å². The van der Waals surface area contributed by atoms with Crippen molar-refractivity contribution >= 4 is 11.0 Å². The summed E-state index contributed by atoms with van der Waals surface area (Å²) in [4.78, 5) is 4.57. The van der Waals surface area contributed by atoms with Crippen LogP contribution in [0.15, 0.2) is 67.3 Å². The summed E-state index contributed by atoms with van der Waals surface area (Å²) in [6.45, 7) is 4.41. The predicted molar refractivity (Wildman–Crippen MR) is 80.4 cm³/mol. The molecular weight excluding hydrogens is 248 g/mol. The molecule has 0 aliphatic rings. The topological polar surface area (TPSA) is 38.0 Å². The maximum atomic E-state index is 10.6. The second-order valence-electron chi connectivity index (χ2n) is 4.67. The minimum absolute atomic E-state index is 0.625. The number of imidazole rings is 1. The van der Waals surface area contributed by atoms with Crippen LogP contribution >= 0.6 is 0 Å². The van der Waals surface area contributed by atoms with Gasteiger partial charge in [0, 0.05) is 6.54 Å². The SMILES string of the molecule is C=CCn1c([C@H](O)c2ccccc2)nc2ccccc21. The van der Waals surface area contributed by atoms with Crippen molar-refractivity contribution in [3.63, 3.8) is 0 Å². The van der Waals surface area contributed by atoms with Crippen molar-refractivity contribution in [2.24, 2.45) is 0 Å². The van der Waals surface area contributed by atoms with Gasteiger partial charge in [0.05, 0.1) is 11.0 Å². The normalized spacial score (nSPS) is 12.4. The number of hydrogen-bond acceptors (Lipinski definition) is 2.